The molecule has 4 heteroatoms. The van der Waals surface area contributed by atoms with Gasteiger partial charge in [-0.05, 0) is 72.9 Å². The molecular weight excluding hydrogens is 360 g/mol. The molecule has 1 aliphatic carbocycles. The van der Waals surface area contributed by atoms with E-state index in [1.54, 1.807) is 6.33 Å². The van der Waals surface area contributed by atoms with E-state index < -0.39 is 0 Å². The molecule has 0 radical (unpaired) electrons. The Morgan fingerprint density at radius 3 is 2.86 bits per heavy atom. The highest BCUT2D eigenvalue weighted by Gasteiger charge is 2.26. The number of rotatable bonds is 5. The number of hydrogen-bond acceptors (Lipinski definition) is 3. The first-order chi connectivity index (χ1) is 14.1. The number of methoxy groups -OCH3 is 1. The molecule has 2 unspecified atom stereocenters. The minimum atomic E-state index is -0.0889. The lowest BCUT2D eigenvalue weighted by molar-refractivity contribution is -0.145. The quantitative estimate of drug-likeness (QED) is 0.646. The van der Waals surface area contributed by atoms with Crippen molar-refractivity contribution in [1.82, 2.24) is 9.97 Å². The number of nitrogens with one attached hydrogen (secondary N) is 1. The van der Waals surface area contributed by atoms with E-state index in [9.17, 15) is 4.79 Å². The molecule has 150 valence electrons. The van der Waals surface area contributed by atoms with Gasteiger partial charge < -0.3 is 9.72 Å². The Hall–Kier alpha value is -2.88. The molecule has 4 rings (SSSR count). The van der Waals surface area contributed by atoms with Gasteiger partial charge in [0.15, 0.2) is 0 Å². The first-order valence-electron chi connectivity index (χ1n) is 10.3. The van der Waals surface area contributed by atoms with Crippen LogP contribution < -0.4 is 0 Å². The van der Waals surface area contributed by atoms with E-state index in [0.717, 1.165) is 31.4 Å². The zero-order chi connectivity index (χ0) is 20.4. The molecule has 0 fully saturated rings. The summed E-state index contributed by atoms with van der Waals surface area (Å²) < 4.78 is 4.94. The molecule has 1 aromatic heterocycles. The van der Waals surface area contributed by atoms with Crippen molar-refractivity contribution >= 4 is 5.97 Å². The lowest BCUT2D eigenvalue weighted by Gasteiger charge is -2.24. The van der Waals surface area contributed by atoms with Crippen LogP contribution in [0.5, 0.6) is 0 Å². The lowest BCUT2D eigenvalue weighted by atomic mass is 9.81. The van der Waals surface area contributed by atoms with Crippen LogP contribution in [0.4, 0.5) is 0 Å². The standard InChI is InChI=1S/C25H28N2O2/c1-16-5-4-6-22(17(16)2)23(24-14-26-15-27-24)12-18-7-8-20-13-21(25(28)29-3)10-9-19(20)11-18/h4-8,11,14-15,21,23H,9-10,12-13H2,1-3H3,(H,26,27). The molecule has 2 aromatic carbocycles. The molecule has 0 aliphatic heterocycles. The second-order valence-corrected chi connectivity index (χ2v) is 8.12. The number of imidazole rings is 1. The number of carbonyl (C=O) groups excluding carboxylic acids is 1. The van der Waals surface area contributed by atoms with Gasteiger partial charge in [-0.3, -0.25) is 4.79 Å². The van der Waals surface area contributed by atoms with Crippen LogP contribution in [-0.4, -0.2) is 23.0 Å². The SMILES string of the molecule is COC(=O)C1CCc2cc(CC(c3cnc[nH]3)c3cccc(C)c3C)ccc2C1. The van der Waals surface area contributed by atoms with Crippen molar-refractivity contribution in [3.63, 3.8) is 0 Å². The number of hydrogen-bond donors (Lipinski definition) is 1. The zero-order valence-corrected chi connectivity index (χ0v) is 17.4. The van der Waals surface area contributed by atoms with Crippen LogP contribution in [0.3, 0.4) is 0 Å². The number of H-pyrrole nitrogens is 1. The van der Waals surface area contributed by atoms with Crippen molar-refractivity contribution in [3.05, 3.63) is 88.0 Å². The zero-order valence-electron chi connectivity index (χ0n) is 17.4. The van der Waals surface area contributed by atoms with Crippen molar-refractivity contribution in [3.8, 4) is 0 Å². The van der Waals surface area contributed by atoms with Gasteiger partial charge in [-0.2, -0.15) is 0 Å². The predicted molar refractivity (Wildman–Crippen MR) is 114 cm³/mol. The number of aromatic amines is 1. The number of aromatic nitrogens is 2. The molecule has 0 spiro atoms. The molecule has 29 heavy (non-hydrogen) atoms. The number of fused-ring (bicyclic) bond motifs is 1. The Kier molecular flexibility index (Phi) is 5.52. The van der Waals surface area contributed by atoms with Crippen LogP contribution in [-0.2, 0) is 28.8 Å². The molecule has 0 saturated carbocycles. The highest BCUT2D eigenvalue weighted by Crippen LogP contribution is 2.33. The lowest BCUT2D eigenvalue weighted by Crippen LogP contribution is -2.23. The summed E-state index contributed by atoms with van der Waals surface area (Å²) in [7, 11) is 1.48. The molecule has 0 saturated heterocycles. The van der Waals surface area contributed by atoms with E-state index in [0.29, 0.717) is 0 Å². The summed E-state index contributed by atoms with van der Waals surface area (Å²) in [5.74, 6) is 0.141. The fraction of sp³-hybridized carbons (Fsp3) is 0.360. The largest absolute Gasteiger partial charge is 0.469 e. The van der Waals surface area contributed by atoms with E-state index in [1.165, 1.54) is 40.5 Å². The van der Waals surface area contributed by atoms with E-state index in [2.05, 4.69) is 60.2 Å². The highest BCUT2D eigenvalue weighted by atomic mass is 16.5. The van der Waals surface area contributed by atoms with Gasteiger partial charge in [-0.15, -0.1) is 0 Å². The number of nitrogens with zero attached hydrogens (tertiary/aromatic N) is 1. The predicted octanol–water partition coefficient (Wildman–Crippen LogP) is 4.68. The Labute approximate surface area is 172 Å². The summed E-state index contributed by atoms with van der Waals surface area (Å²) >= 11 is 0. The summed E-state index contributed by atoms with van der Waals surface area (Å²) in [5, 5.41) is 0. The summed E-state index contributed by atoms with van der Waals surface area (Å²) in [6, 6.07) is 13.3. The highest BCUT2D eigenvalue weighted by molar-refractivity contribution is 5.73. The molecular formula is C25H28N2O2. The normalized spacial score (nSPS) is 16.9. The van der Waals surface area contributed by atoms with Crippen LogP contribution in [0.25, 0.3) is 0 Å². The number of carbonyl (C=O) groups is 1. The molecule has 1 heterocycles. The van der Waals surface area contributed by atoms with Crippen LogP contribution in [0, 0.1) is 19.8 Å². The van der Waals surface area contributed by atoms with Crippen molar-refractivity contribution in [2.75, 3.05) is 7.11 Å². The molecule has 4 nitrogen and oxygen atoms in total. The summed E-state index contributed by atoms with van der Waals surface area (Å²) in [5.41, 5.74) is 9.10. The minimum absolute atomic E-state index is 0.00830. The van der Waals surface area contributed by atoms with Gasteiger partial charge >= 0.3 is 5.97 Å². The second-order valence-electron chi connectivity index (χ2n) is 8.12. The third-order valence-corrected chi connectivity index (χ3v) is 6.39. The molecule has 0 amide bonds. The van der Waals surface area contributed by atoms with E-state index in [4.69, 9.17) is 4.74 Å². The summed E-state index contributed by atoms with van der Waals surface area (Å²) in [6.07, 6.45) is 7.19. The van der Waals surface area contributed by atoms with Gasteiger partial charge in [0.05, 0.1) is 19.4 Å². The number of aryl methyl sites for hydroxylation is 2. The van der Waals surface area contributed by atoms with Gasteiger partial charge in [-0.25, -0.2) is 4.98 Å². The third kappa shape index (κ3) is 3.98. The van der Waals surface area contributed by atoms with Crippen LogP contribution in [0.2, 0.25) is 0 Å². The monoisotopic (exact) mass is 388 g/mol. The summed E-state index contributed by atoms with van der Waals surface area (Å²) in [4.78, 5) is 19.5. The van der Waals surface area contributed by atoms with Crippen LogP contribution >= 0.6 is 0 Å². The molecule has 1 N–H and O–H groups in total. The minimum Gasteiger partial charge on any atom is -0.469 e. The fourth-order valence-electron chi connectivity index (χ4n) is 4.53. The number of ether oxygens (including phenoxy) is 1. The first kappa shape index (κ1) is 19.4. The summed E-state index contributed by atoms with van der Waals surface area (Å²) in [6.45, 7) is 4.37. The Balaban J connectivity index is 1.63. The smallest absolute Gasteiger partial charge is 0.309 e. The van der Waals surface area contributed by atoms with Crippen molar-refractivity contribution in [2.24, 2.45) is 5.92 Å². The maximum absolute atomic E-state index is 11.9. The van der Waals surface area contributed by atoms with Crippen LogP contribution in [0.1, 0.15) is 51.4 Å². The van der Waals surface area contributed by atoms with E-state index in [-0.39, 0.29) is 17.8 Å². The van der Waals surface area contributed by atoms with Gasteiger partial charge in [0.1, 0.15) is 0 Å². The molecule has 3 aromatic rings. The van der Waals surface area contributed by atoms with Crippen LogP contribution in [0.15, 0.2) is 48.9 Å². The topological polar surface area (TPSA) is 55.0 Å². The third-order valence-electron chi connectivity index (χ3n) is 6.39. The molecule has 2 atom stereocenters. The number of esters is 1. The van der Waals surface area contributed by atoms with Crippen molar-refractivity contribution in [1.29, 1.82) is 0 Å². The van der Waals surface area contributed by atoms with Crippen molar-refractivity contribution < 1.29 is 9.53 Å². The average molecular weight is 389 g/mol. The van der Waals surface area contributed by atoms with Crippen molar-refractivity contribution in [2.45, 2.75) is 45.4 Å². The van der Waals surface area contributed by atoms with Gasteiger partial charge in [-0.1, -0.05) is 36.4 Å². The fourth-order valence-corrected chi connectivity index (χ4v) is 4.53. The maximum atomic E-state index is 11.9. The van der Waals surface area contributed by atoms with Gasteiger partial charge in [0, 0.05) is 17.8 Å². The average Bonchev–Trinajstić information content (AvgIpc) is 3.28. The Morgan fingerprint density at radius 2 is 2.10 bits per heavy atom. The Morgan fingerprint density at radius 1 is 1.24 bits per heavy atom. The van der Waals surface area contributed by atoms with E-state index >= 15 is 0 Å². The molecule has 0 bridgehead atoms. The second kappa shape index (κ2) is 8.24. The van der Waals surface area contributed by atoms with E-state index in [1.807, 2.05) is 6.20 Å². The maximum Gasteiger partial charge on any atom is 0.309 e. The number of benzene rings is 2. The Bertz CT molecular complexity index is 1010. The molecule has 1 aliphatic rings. The van der Waals surface area contributed by atoms with Gasteiger partial charge in [0.25, 0.3) is 0 Å². The van der Waals surface area contributed by atoms with Gasteiger partial charge in [0.2, 0.25) is 0 Å². The first-order valence-corrected chi connectivity index (χ1v) is 10.3.